The number of aromatic nitrogens is 4. The Bertz CT molecular complexity index is 1920. The van der Waals surface area contributed by atoms with E-state index in [1.54, 1.807) is 6.08 Å². The first-order chi connectivity index (χ1) is 20.0. The van der Waals surface area contributed by atoms with Gasteiger partial charge in [0.25, 0.3) is 0 Å². The summed E-state index contributed by atoms with van der Waals surface area (Å²) >= 11 is 0. The number of nitrogens with zero attached hydrogens (tertiary/aromatic N) is 2. The number of hydrogen-bond donors (Lipinski definition) is 2. The van der Waals surface area contributed by atoms with Gasteiger partial charge >= 0.3 is 16.5 Å². The predicted octanol–water partition coefficient (Wildman–Crippen LogP) is 5.14. The molecule has 8 bridgehead atoms. The van der Waals surface area contributed by atoms with E-state index >= 15 is 0 Å². The Morgan fingerprint density at radius 2 is 1.07 bits per heavy atom. The van der Waals surface area contributed by atoms with E-state index < -0.39 is 11.9 Å². The molecule has 222 valence electrons. The van der Waals surface area contributed by atoms with Crippen molar-refractivity contribution in [2.24, 2.45) is 0 Å². The summed E-state index contributed by atoms with van der Waals surface area (Å²) in [6.45, 7) is 16.0. The fourth-order valence-corrected chi connectivity index (χ4v) is 5.76. The second-order valence-corrected chi connectivity index (χ2v) is 10.7. The predicted molar refractivity (Wildman–Crippen MR) is 164 cm³/mol. The molecule has 8 nitrogen and oxygen atoms in total. The smallest absolute Gasteiger partial charge is 0.550 e. The molecule has 0 spiro atoms. The molecule has 0 fully saturated rings. The van der Waals surface area contributed by atoms with E-state index in [4.69, 9.17) is 9.97 Å². The van der Waals surface area contributed by atoms with Crippen LogP contribution in [0.1, 0.15) is 84.6 Å². The molecule has 3 aromatic rings. The third kappa shape index (κ3) is 5.90. The first-order valence-corrected chi connectivity index (χ1v) is 13.8. The van der Waals surface area contributed by atoms with Crippen LogP contribution in [0.4, 0.5) is 0 Å². The maximum atomic E-state index is 11.4. The number of aromatic amines is 2. The number of hydrogen-bond acceptors (Lipinski definition) is 6. The number of fused-ring (bicyclic) bond motifs is 8. The molecule has 0 aliphatic carbocycles. The van der Waals surface area contributed by atoms with Crippen LogP contribution in [-0.4, -0.2) is 31.9 Å². The van der Waals surface area contributed by atoms with E-state index in [1.807, 2.05) is 58.0 Å². The molecule has 0 amide bonds. The molecular formula is C34H32N4NiO4. The summed E-state index contributed by atoms with van der Waals surface area (Å²) in [6, 6.07) is 7.78. The first kappa shape index (κ1) is 31.4. The molecule has 0 saturated carbocycles. The van der Waals surface area contributed by atoms with Crippen LogP contribution in [0.15, 0.2) is 37.4 Å². The summed E-state index contributed by atoms with van der Waals surface area (Å²) in [5, 5.41) is 22.8. The molecule has 9 heteroatoms. The Kier molecular flexibility index (Phi) is 9.07. The molecule has 5 heterocycles. The molecule has 0 saturated heterocycles. The van der Waals surface area contributed by atoms with Crippen molar-refractivity contribution in [3.05, 3.63) is 82.5 Å². The number of nitrogens with one attached hydrogen (secondary N) is 2. The summed E-state index contributed by atoms with van der Waals surface area (Å²) in [4.78, 5) is 39.7. The quantitative estimate of drug-likeness (QED) is 0.335. The van der Waals surface area contributed by atoms with Crippen LogP contribution in [0.2, 0.25) is 0 Å². The minimum atomic E-state index is -1.15. The van der Waals surface area contributed by atoms with Crippen molar-refractivity contribution in [2.75, 3.05) is 0 Å². The van der Waals surface area contributed by atoms with Gasteiger partial charge < -0.3 is 29.8 Å². The van der Waals surface area contributed by atoms with E-state index in [0.29, 0.717) is 22.8 Å². The van der Waals surface area contributed by atoms with E-state index in [1.165, 1.54) is 0 Å². The fourth-order valence-electron chi connectivity index (χ4n) is 5.76. The molecule has 2 aliphatic heterocycles. The molecule has 0 unspecified atom stereocenters. The molecule has 0 atom stereocenters. The first-order valence-electron chi connectivity index (χ1n) is 13.8. The minimum absolute atomic E-state index is 0. The van der Waals surface area contributed by atoms with Crippen LogP contribution in [0.5, 0.6) is 0 Å². The van der Waals surface area contributed by atoms with Crippen LogP contribution >= 0.6 is 0 Å². The number of carbonyl (C=O) groups excluding carboxylic acids is 2. The van der Waals surface area contributed by atoms with Crippen LogP contribution in [0.3, 0.4) is 0 Å². The third-order valence-electron chi connectivity index (χ3n) is 8.20. The number of allylic oxidation sites excluding steroid dienone is 4. The second-order valence-electron chi connectivity index (χ2n) is 10.7. The summed E-state index contributed by atoms with van der Waals surface area (Å²) in [5.74, 6) is -2.29. The largest absolute Gasteiger partial charge is 2.00 e. The van der Waals surface area contributed by atoms with Gasteiger partial charge in [-0.25, -0.2) is 9.97 Å². The average molecular weight is 619 g/mol. The molecule has 3 aromatic heterocycles. The van der Waals surface area contributed by atoms with Crippen molar-refractivity contribution in [2.45, 2.75) is 53.4 Å². The van der Waals surface area contributed by atoms with Crippen molar-refractivity contribution in [3.8, 4) is 0 Å². The van der Waals surface area contributed by atoms with Gasteiger partial charge in [-0.3, -0.25) is 0 Å². The fraction of sp³-hybridized carbons (Fsp3) is 0.235. The van der Waals surface area contributed by atoms with Gasteiger partial charge in [0.1, 0.15) is 0 Å². The standard InChI is InChI=1S/C34H34N4O4.Ni/c1-7-21-17(3)25-13-26-19(5)23(9-11-33(39)40)31(37-26)16-32-24(10-12-34(41)42)20(6)28(38-32)15-30-22(8-2)18(4)27(36-30)14-29(21)35-25;/h7-8,13-16,35-36H,1-2,9-12H2,3-6H3,(H,39,40)(H,41,42);/q;+2/p-2. The van der Waals surface area contributed by atoms with Crippen LogP contribution in [0.25, 0.3) is 56.5 Å². The average Bonchev–Trinajstić information content (AvgIpc) is 3.59. The van der Waals surface area contributed by atoms with Crippen molar-refractivity contribution in [1.29, 1.82) is 0 Å². The summed E-state index contributed by atoms with van der Waals surface area (Å²) < 4.78 is 0. The summed E-state index contributed by atoms with van der Waals surface area (Å²) in [6.07, 6.45) is 3.79. The van der Waals surface area contributed by atoms with E-state index in [0.717, 1.165) is 66.6 Å². The molecule has 2 N–H and O–H groups in total. The van der Waals surface area contributed by atoms with E-state index in [9.17, 15) is 19.8 Å². The zero-order valence-electron chi connectivity index (χ0n) is 24.6. The Morgan fingerprint density at radius 3 is 1.49 bits per heavy atom. The van der Waals surface area contributed by atoms with E-state index in [2.05, 4.69) is 23.1 Å². The van der Waals surface area contributed by atoms with Gasteiger partial charge in [0.05, 0.1) is 22.8 Å². The molecule has 43 heavy (non-hydrogen) atoms. The number of H-pyrrole nitrogens is 2. The molecule has 0 radical (unpaired) electrons. The Labute approximate surface area is 259 Å². The van der Waals surface area contributed by atoms with Gasteiger partial charge in [0, 0.05) is 45.1 Å². The van der Waals surface area contributed by atoms with Crippen molar-refractivity contribution in [3.63, 3.8) is 0 Å². The number of aliphatic carboxylic acids is 2. The van der Waals surface area contributed by atoms with Gasteiger partial charge in [-0.05, 0) is 111 Å². The number of aryl methyl sites for hydroxylation is 2. The molecule has 0 aromatic carbocycles. The topological polar surface area (TPSA) is 138 Å². The van der Waals surface area contributed by atoms with Crippen molar-refractivity contribution >= 4 is 68.4 Å². The number of carboxylic acids is 2. The molecule has 2 aliphatic rings. The van der Waals surface area contributed by atoms with Crippen molar-refractivity contribution < 1.29 is 36.3 Å². The van der Waals surface area contributed by atoms with Crippen molar-refractivity contribution in [1.82, 2.24) is 19.9 Å². The maximum absolute atomic E-state index is 11.4. The number of rotatable bonds is 8. The monoisotopic (exact) mass is 618 g/mol. The van der Waals surface area contributed by atoms with E-state index in [-0.39, 0.29) is 42.2 Å². The maximum Gasteiger partial charge on any atom is 2.00 e. The molecular weight excluding hydrogens is 587 g/mol. The Hall–Kier alpha value is -4.49. The normalized spacial score (nSPS) is 12.7. The van der Waals surface area contributed by atoms with Gasteiger partial charge in [0.15, 0.2) is 0 Å². The van der Waals surface area contributed by atoms with Crippen LogP contribution in [-0.2, 0) is 26.1 Å². The SMILES string of the molecule is C=Cc1c(C)c2cc3[nH]c(cc4nc(cc5nc(cc1[nH]2)C(C)=C5CCC(=O)[O-])C(CCC(=O)[O-])=C4C)c(C)c3C=C.[Ni+2]. The van der Waals surface area contributed by atoms with Gasteiger partial charge in [-0.1, -0.05) is 25.3 Å². The van der Waals surface area contributed by atoms with Crippen LogP contribution in [0, 0.1) is 13.8 Å². The zero-order chi connectivity index (χ0) is 30.3. The minimum Gasteiger partial charge on any atom is -0.550 e. The zero-order valence-corrected chi connectivity index (χ0v) is 25.5. The molecule has 5 rings (SSSR count). The number of carboxylic acid groups (broad SMARTS) is 2. The van der Waals surface area contributed by atoms with Gasteiger partial charge in [-0.2, -0.15) is 0 Å². The Balaban J connectivity index is 0.00000423. The van der Waals surface area contributed by atoms with Gasteiger partial charge in [0.2, 0.25) is 0 Å². The van der Waals surface area contributed by atoms with Gasteiger partial charge in [-0.15, -0.1) is 0 Å². The second kappa shape index (κ2) is 12.4. The number of carbonyl (C=O) groups is 2. The van der Waals surface area contributed by atoms with Crippen LogP contribution < -0.4 is 10.2 Å². The summed E-state index contributed by atoms with van der Waals surface area (Å²) in [5.41, 5.74) is 13.3. The Morgan fingerprint density at radius 1 is 0.674 bits per heavy atom. The summed E-state index contributed by atoms with van der Waals surface area (Å²) in [7, 11) is 0. The third-order valence-corrected chi connectivity index (χ3v) is 8.20.